The van der Waals surface area contributed by atoms with E-state index in [0.717, 1.165) is 11.3 Å². The third-order valence-electron chi connectivity index (χ3n) is 3.50. The molecule has 2 aromatic heterocycles. The van der Waals surface area contributed by atoms with Crippen molar-refractivity contribution in [1.29, 1.82) is 0 Å². The Hall–Kier alpha value is -2.24. The van der Waals surface area contributed by atoms with Gasteiger partial charge < -0.3 is 9.73 Å². The Morgan fingerprint density at radius 2 is 2.12 bits per heavy atom. The number of rotatable bonds is 6. The second-order valence-corrected chi connectivity index (χ2v) is 6.08. The van der Waals surface area contributed by atoms with Crippen molar-refractivity contribution in [1.82, 2.24) is 9.78 Å². The van der Waals surface area contributed by atoms with Crippen LogP contribution >= 0.6 is 23.2 Å². The van der Waals surface area contributed by atoms with Crippen molar-refractivity contribution < 1.29 is 9.21 Å². The summed E-state index contributed by atoms with van der Waals surface area (Å²) < 4.78 is 6.90. The number of benzene rings is 1. The van der Waals surface area contributed by atoms with Gasteiger partial charge in [0.1, 0.15) is 11.6 Å². The molecule has 3 rings (SSSR count). The van der Waals surface area contributed by atoms with Crippen LogP contribution in [0.25, 0.3) is 0 Å². The lowest BCUT2D eigenvalue weighted by atomic mass is 10.2. The molecule has 2 heterocycles. The standard InChI is InChI=1S/C17H15Cl2N3O2/c18-13-4-3-12(15(19)10-13)11-22-16(7-8-20-22)21-17(23)6-5-14-2-1-9-24-14/h1-4,7-10H,5-6,11H2,(H,21,23). The maximum Gasteiger partial charge on any atom is 0.225 e. The van der Waals surface area contributed by atoms with E-state index in [1.165, 1.54) is 0 Å². The molecule has 0 aliphatic carbocycles. The lowest BCUT2D eigenvalue weighted by Crippen LogP contribution is -2.16. The number of nitrogens with zero attached hydrogens (tertiary/aromatic N) is 2. The summed E-state index contributed by atoms with van der Waals surface area (Å²) >= 11 is 12.1. The van der Waals surface area contributed by atoms with E-state index in [9.17, 15) is 4.79 Å². The number of carbonyl (C=O) groups excluding carboxylic acids is 1. The van der Waals surface area contributed by atoms with Crippen LogP contribution < -0.4 is 5.32 Å². The first-order valence-corrected chi connectivity index (χ1v) is 8.15. The van der Waals surface area contributed by atoms with E-state index in [1.54, 1.807) is 41.4 Å². The van der Waals surface area contributed by atoms with Crippen molar-refractivity contribution in [2.45, 2.75) is 19.4 Å². The Morgan fingerprint density at radius 1 is 1.25 bits per heavy atom. The lowest BCUT2D eigenvalue weighted by Gasteiger charge is -2.10. The average molecular weight is 364 g/mol. The van der Waals surface area contributed by atoms with Gasteiger partial charge in [0.2, 0.25) is 5.91 Å². The van der Waals surface area contributed by atoms with Crippen LogP contribution in [0.1, 0.15) is 17.7 Å². The summed E-state index contributed by atoms with van der Waals surface area (Å²) in [7, 11) is 0. The number of carbonyl (C=O) groups is 1. The molecule has 0 bridgehead atoms. The molecule has 1 aromatic carbocycles. The van der Waals surface area contributed by atoms with Crippen LogP contribution in [-0.4, -0.2) is 15.7 Å². The zero-order valence-electron chi connectivity index (χ0n) is 12.7. The molecule has 1 N–H and O–H groups in total. The Morgan fingerprint density at radius 3 is 2.88 bits per heavy atom. The maximum absolute atomic E-state index is 12.1. The summed E-state index contributed by atoms with van der Waals surface area (Å²) in [6.07, 6.45) is 4.11. The quantitative estimate of drug-likeness (QED) is 0.705. The van der Waals surface area contributed by atoms with Crippen LogP contribution in [0.3, 0.4) is 0 Å². The fourth-order valence-corrected chi connectivity index (χ4v) is 2.74. The molecule has 0 unspecified atom stereocenters. The Bertz CT molecular complexity index is 828. The lowest BCUT2D eigenvalue weighted by molar-refractivity contribution is -0.116. The molecule has 3 aromatic rings. The number of aryl methyl sites for hydroxylation is 1. The number of hydrogen-bond acceptors (Lipinski definition) is 3. The zero-order chi connectivity index (χ0) is 16.9. The summed E-state index contributed by atoms with van der Waals surface area (Å²) in [5.41, 5.74) is 0.871. The van der Waals surface area contributed by atoms with Crippen LogP contribution in [0.4, 0.5) is 5.82 Å². The average Bonchev–Trinajstić information content (AvgIpc) is 3.20. The Kier molecular flexibility index (Phi) is 5.23. The fraction of sp³-hybridized carbons (Fsp3) is 0.176. The Balaban J connectivity index is 1.63. The highest BCUT2D eigenvalue weighted by Gasteiger charge is 2.10. The minimum absolute atomic E-state index is 0.102. The third kappa shape index (κ3) is 4.19. The molecule has 0 saturated heterocycles. The molecule has 5 nitrogen and oxygen atoms in total. The first-order chi connectivity index (χ1) is 11.6. The minimum Gasteiger partial charge on any atom is -0.469 e. The van der Waals surface area contributed by atoms with Crippen LogP contribution in [0.5, 0.6) is 0 Å². The summed E-state index contributed by atoms with van der Waals surface area (Å²) in [6.45, 7) is 0.441. The van der Waals surface area contributed by atoms with Crippen molar-refractivity contribution in [2.24, 2.45) is 0 Å². The van der Waals surface area contributed by atoms with Gasteiger partial charge in [-0.1, -0.05) is 29.3 Å². The van der Waals surface area contributed by atoms with Gasteiger partial charge in [-0.3, -0.25) is 4.79 Å². The third-order valence-corrected chi connectivity index (χ3v) is 4.08. The minimum atomic E-state index is -0.102. The number of aromatic nitrogens is 2. The van der Waals surface area contributed by atoms with Gasteiger partial charge >= 0.3 is 0 Å². The number of hydrogen-bond donors (Lipinski definition) is 1. The predicted molar refractivity (Wildman–Crippen MR) is 93.4 cm³/mol. The number of amides is 1. The van der Waals surface area contributed by atoms with Crippen LogP contribution in [-0.2, 0) is 17.8 Å². The summed E-state index contributed by atoms with van der Waals surface area (Å²) in [5.74, 6) is 1.30. The predicted octanol–water partition coefficient (Wildman–Crippen LogP) is 4.40. The monoisotopic (exact) mass is 363 g/mol. The molecule has 24 heavy (non-hydrogen) atoms. The molecule has 0 fully saturated rings. The highest BCUT2D eigenvalue weighted by Crippen LogP contribution is 2.22. The second-order valence-electron chi connectivity index (χ2n) is 5.24. The Labute approximate surface area is 149 Å². The van der Waals surface area contributed by atoms with E-state index in [2.05, 4.69) is 10.4 Å². The topological polar surface area (TPSA) is 60.1 Å². The van der Waals surface area contributed by atoms with Gasteiger partial charge in [-0.25, -0.2) is 4.68 Å². The van der Waals surface area contributed by atoms with E-state index >= 15 is 0 Å². The van der Waals surface area contributed by atoms with E-state index in [1.807, 2.05) is 12.1 Å². The normalized spacial score (nSPS) is 10.8. The summed E-state index contributed by atoms with van der Waals surface area (Å²) in [6, 6.07) is 10.7. The molecule has 0 spiro atoms. The maximum atomic E-state index is 12.1. The van der Waals surface area contributed by atoms with Gasteiger partial charge in [0.25, 0.3) is 0 Å². The highest BCUT2D eigenvalue weighted by atomic mass is 35.5. The summed E-state index contributed by atoms with van der Waals surface area (Å²) in [5, 5.41) is 8.23. The second kappa shape index (κ2) is 7.55. The largest absolute Gasteiger partial charge is 0.469 e. The van der Waals surface area contributed by atoms with Gasteiger partial charge in [0.05, 0.1) is 19.0 Å². The molecule has 0 aliphatic rings. The highest BCUT2D eigenvalue weighted by molar-refractivity contribution is 6.35. The molecule has 1 amide bonds. The van der Waals surface area contributed by atoms with Crippen LogP contribution in [0, 0.1) is 0 Å². The molecular formula is C17H15Cl2N3O2. The van der Waals surface area contributed by atoms with Crippen molar-refractivity contribution in [3.8, 4) is 0 Å². The van der Waals surface area contributed by atoms with Crippen molar-refractivity contribution in [2.75, 3.05) is 5.32 Å². The molecule has 0 atom stereocenters. The molecule has 0 radical (unpaired) electrons. The van der Waals surface area contributed by atoms with Crippen molar-refractivity contribution in [3.05, 3.63) is 70.2 Å². The number of halogens is 2. The van der Waals surface area contributed by atoms with E-state index < -0.39 is 0 Å². The van der Waals surface area contributed by atoms with Crippen molar-refractivity contribution in [3.63, 3.8) is 0 Å². The summed E-state index contributed by atoms with van der Waals surface area (Å²) in [4.78, 5) is 12.1. The fourth-order valence-electron chi connectivity index (χ4n) is 2.27. The first-order valence-electron chi connectivity index (χ1n) is 7.40. The van der Waals surface area contributed by atoms with Crippen LogP contribution in [0.2, 0.25) is 10.0 Å². The molecule has 124 valence electrons. The SMILES string of the molecule is O=C(CCc1ccco1)Nc1ccnn1Cc1ccc(Cl)cc1Cl. The first kappa shape index (κ1) is 16.6. The van der Waals surface area contributed by atoms with Gasteiger partial charge in [0, 0.05) is 29.0 Å². The van der Waals surface area contributed by atoms with Gasteiger partial charge in [-0.15, -0.1) is 0 Å². The zero-order valence-corrected chi connectivity index (χ0v) is 14.2. The molecule has 0 aliphatic heterocycles. The molecule has 0 saturated carbocycles. The van der Waals surface area contributed by atoms with E-state index in [0.29, 0.717) is 35.2 Å². The number of furan rings is 1. The molecule has 7 heteroatoms. The van der Waals surface area contributed by atoms with Gasteiger partial charge in [0.15, 0.2) is 0 Å². The smallest absolute Gasteiger partial charge is 0.225 e. The van der Waals surface area contributed by atoms with Gasteiger partial charge in [-0.2, -0.15) is 5.10 Å². The van der Waals surface area contributed by atoms with Gasteiger partial charge in [-0.05, 0) is 29.8 Å². The van der Waals surface area contributed by atoms with E-state index in [4.69, 9.17) is 27.6 Å². The number of nitrogens with one attached hydrogen (secondary N) is 1. The van der Waals surface area contributed by atoms with Crippen LogP contribution in [0.15, 0.2) is 53.3 Å². The van der Waals surface area contributed by atoms with Crippen molar-refractivity contribution >= 4 is 34.9 Å². The van der Waals surface area contributed by atoms with E-state index in [-0.39, 0.29) is 5.91 Å². The molecular weight excluding hydrogens is 349 g/mol. The number of anilines is 1.